The number of methoxy groups -OCH3 is 1. The van der Waals surface area contributed by atoms with Crippen molar-refractivity contribution in [2.45, 2.75) is 39.0 Å². The van der Waals surface area contributed by atoms with Crippen LogP contribution in [0, 0.1) is 0 Å². The average Bonchev–Trinajstić information content (AvgIpc) is 2.54. The fraction of sp³-hybridized carbons (Fsp3) is 0.444. The highest BCUT2D eigenvalue weighted by atomic mass is 16.5. The molecule has 1 rings (SSSR count). The molecule has 4 heteroatoms. The molecule has 4 nitrogen and oxygen atoms in total. The van der Waals surface area contributed by atoms with Gasteiger partial charge in [0.25, 0.3) is 0 Å². The van der Waals surface area contributed by atoms with Crippen molar-refractivity contribution in [1.29, 1.82) is 0 Å². The minimum Gasteiger partial charge on any atom is -0.514 e. The fourth-order valence-corrected chi connectivity index (χ4v) is 2.38. The maximum atomic E-state index is 10.4. The molecule has 122 valence electrons. The summed E-state index contributed by atoms with van der Waals surface area (Å²) in [4.78, 5) is 0. The van der Waals surface area contributed by atoms with Crippen LogP contribution in [0.3, 0.4) is 0 Å². The lowest BCUT2D eigenvalue weighted by molar-refractivity contribution is 0.369. The number of benzene rings is 1. The minimum absolute atomic E-state index is 0.206. The summed E-state index contributed by atoms with van der Waals surface area (Å²) in [5, 5.41) is 22.8. The summed E-state index contributed by atoms with van der Waals surface area (Å²) >= 11 is 0. The van der Waals surface area contributed by atoms with E-state index in [2.05, 4.69) is 18.8 Å². The first-order valence-corrected chi connectivity index (χ1v) is 7.73. The Labute approximate surface area is 133 Å². The molecular formula is C18H27NO3. The van der Waals surface area contributed by atoms with Gasteiger partial charge in [-0.05, 0) is 24.5 Å². The van der Waals surface area contributed by atoms with Crippen LogP contribution < -0.4 is 10.1 Å². The van der Waals surface area contributed by atoms with Gasteiger partial charge in [0.1, 0.15) is 0 Å². The van der Waals surface area contributed by atoms with Gasteiger partial charge in [-0.3, -0.25) is 0 Å². The largest absolute Gasteiger partial charge is 0.514 e. The molecule has 0 saturated carbocycles. The zero-order chi connectivity index (χ0) is 16.4. The van der Waals surface area contributed by atoms with E-state index in [4.69, 9.17) is 4.74 Å². The Bertz CT molecular complexity index is 509. The van der Waals surface area contributed by atoms with Gasteiger partial charge in [0.05, 0.1) is 19.1 Å². The summed E-state index contributed by atoms with van der Waals surface area (Å²) in [5.74, 6) is 0.695. The van der Waals surface area contributed by atoms with Crippen molar-refractivity contribution < 1.29 is 14.9 Å². The lowest BCUT2D eigenvalue weighted by Crippen LogP contribution is -2.15. The fourth-order valence-electron chi connectivity index (χ4n) is 2.38. The molecule has 0 aromatic heterocycles. The van der Waals surface area contributed by atoms with Gasteiger partial charge >= 0.3 is 0 Å². The normalized spacial score (nSPS) is 11.3. The number of aromatic hydroxyl groups is 1. The van der Waals surface area contributed by atoms with Crippen LogP contribution in [0.15, 0.2) is 36.7 Å². The first kappa shape index (κ1) is 18.0. The summed E-state index contributed by atoms with van der Waals surface area (Å²) in [6, 6.07) is 3.70. The molecule has 0 spiro atoms. The highest BCUT2D eigenvalue weighted by Gasteiger charge is 2.14. The molecule has 0 aliphatic heterocycles. The molecule has 0 aliphatic rings. The summed E-state index contributed by atoms with van der Waals surface area (Å²) in [7, 11) is 1.55. The number of allylic oxidation sites excluding steroid dienone is 1. The van der Waals surface area contributed by atoms with E-state index in [1.165, 1.54) is 0 Å². The smallest absolute Gasteiger partial charge is 0.161 e. The van der Waals surface area contributed by atoms with Crippen LogP contribution >= 0.6 is 0 Å². The standard InChI is InChI=1S/C18H27NO3/c1-4-6-7-8-16-14(9-10-17(22-3)18(16)21)12-15(13-20)19-11-5-2/h5,9-10,13,19-21H,2,4,6-8,11-12H2,1,3H3/b15-13+. The van der Waals surface area contributed by atoms with Gasteiger partial charge in [-0.1, -0.05) is 31.9 Å². The van der Waals surface area contributed by atoms with E-state index in [0.29, 0.717) is 24.4 Å². The minimum atomic E-state index is 0.206. The zero-order valence-corrected chi connectivity index (χ0v) is 13.6. The number of aliphatic hydroxyl groups is 1. The predicted molar refractivity (Wildman–Crippen MR) is 90.5 cm³/mol. The van der Waals surface area contributed by atoms with Gasteiger partial charge < -0.3 is 20.3 Å². The molecule has 0 heterocycles. The summed E-state index contributed by atoms with van der Waals surface area (Å²) in [6.45, 7) is 6.38. The van der Waals surface area contributed by atoms with Crippen molar-refractivity contribution in [2.75, 3.05) is 13.7 Å². The second-order valence-electron chi connectivity index (χ2n) is 5.21. The van der Waals surface area contributed by atoms with Crippen LogP contribution in [0.25, 0.3) is 0 Å². The zero-order valence-electron chi connectivity index (χ0n) is 13.6. The molecule has 0 aliphatic carbocycles. The van der Waals surface area contributed by atoms with Crippen molar-refractivity contribution in [3.05, 3.63) is 47.9 Å². The van der Waals surface area contributed by atoms with E-state index in [1.54, 1.807) is 19.3 Å². The Balaban J connectivity index is 3.00. The number of hydrogen-bond acceptors (Lipinski definition) is 4. The topological polar surface area (TPSA) is 61.7 Å². The number of phenols is 1. The monoisotopic (exact) mass is 305 g/mol. The van der Waals surface area contributed by atoms with Crippen molar-refractivity contribution in [3.63, 3.8) is 0 Å². The Morgan fingerprint density at radius 3 is 2.73 bits per heavy atom. The molecule has 1 aromatic rings. The number of ether oxygens (including phenoxy) is 1. The van der Waals surface area contributed by atoms with E-state index in [9.17, 15) is 10.2 Å². The maximum Gasteiger partial charge on any atom is 0.161 e. The van der Waals surface area contributed by atoms with Crippen LogP contribution in [0.4, 0.5) is 0 Å². The Hall–Kier alpha value is -2.10. The van der Waals surface area contributed by atoms with Crippen LogP contribution in [-0.2, 0) is 12.8 Å². The van der Waals surface area contributed by atoms with E-state index in [1.807, 2.05) is 6.07 Å². The van der Waals surface area contributed by atoms with Crippen molar-refractivity contribution in [2.24, 2.45) is 0 Å². The molecule has 0 saturated heterocycles. The van der Waals surface area contributed by atoms with Crippen LogP contribution in [0.2, 0.25) is 0 Å². The Morgan fingerprint density at radius 1 is 1.36 bits per heavy atom. The average molecular weight is 305 g/mol. The summed E-state index contributed by atoms with van der Waals surface area (Å²) < 4.78 is 5.20. The summed E-state index contributed by atoms with van der Waals surface area (Å²) in [5.41, 5.74) is 2.58. The number of rotatable bonds is 10. The van der Waals surface area contributed by atoms with Gasteiger partial charge in [-0.25, -0.2) is 0 Å². The molecule has 0 bridgehead atoms. The van der Waals surface area contributed by atoms with Gasteiger partial charge in [-0.2, -0.15) is 0 Å². The second kappa shape index (κ2) is 9.77. The summed E-state index contributed by atoms with van der Waals surface area (Å²) in [6.07, 6.45) is 7.40. The third-order valence-electron chi connectivity index (χ3n) is 3.60. The second-order valence-corrected chi connectivity index (χ2v) is 5.21. The molecule has 0 amide bonds. The quantitative estimate of drug-likeness (QED) is 0.349. The van der Waals surface area contributed by atoms with Gasteiger partial charge in [0.2, 0.25) is 0 Å². The third-order valence-corrected chi connectivity index (χ3v) is 3.60. The highest BCUT2D eigenvalue weighted by Crippen LogP contribution is 2.34. The van der Waals surface area contributed by atoms with Crippen LogP contribution in [-0.4, -0.2) is 23.9 Å². The number of aliphatic hydroxyl groups excluding tert-OH is 1. The molecule has 3 N–H and O–H groups in total. The van der Waals surface area contributed by atoms with Crippen molar-refractivity contribution >= 4 is 0 Å². The van der Waals surface area contributed by atoms with Crippen molar-refractivity contribution in [1.82, 2.24) is 5.32 Å². The van der Waals surface area contributed by atoms with E-state index in [0.717, 1.165) is 43.1 Å². The first-order valence-electron chi connectivity index (χ1n) is 7.73. The Morgan fingerprint density at radius 2 is 2.14 bits per heavy atom. The molecular weight excluding hydrogens is 278 g/mol. The lowest BCUT2D eigenvalue weighted by Gasteiger charge is -2.16. The number of phenolic OH excluding ortho intramolecular Hbond substituents is 1. The SMILES string of the molecule is C=CCN/C(=C/O)Cc1ccc(OC)c(O)c1CCCCC. The van der Waals surface area contributed by atoms with Crippen molar-refractivity contribution in [3.8, 4) is 11.5 Å². The molecule has 1 aromatic carbocycles. The Kier molecular flexibility index (Phi) is 7.97. The van der Waals surface area contributed by atoms with Gasteiger partial charge in [-0.15, -0.1) is 6.58 Å². The van der Waals surface area contributed by atoms with Crippen LogP contribution in [0.5, 0.6) is 11.5 Å². The predicted octanol–water partition coefficient (Wildman–Crippen LogP) is 3.85. The number of unbranched alkanes of at least 4 members (excludes halogenated alkanes) is 2. The molecule has 0 unspecified atom stereocenters. The van der Waals surface area contributed by atoms with E-state index >= 15 is 0 Å². The molecule has 22 heavy (non-hydrogen) atoms. The number of hydrogen-bond donors (Lipinski definition) is 3. The molecule has 0 fully saturated rings. The first-order chi connectivity index (χ1) is 10.7. The maximum absolute atomic E-state index is 10.4. The molecule has 0 atom stereocenters. The third kappa shape index (κ3) is 5.02. The van der Waals surface area contributed by atoms with E-state index in [-0.39, 0.29) is 5.75 Å². The van der Waals surface area contributed by atoms with Gasteiger partial charge in [0, 0.05) is 18.5 Å². The van der Waals surface area contributed by atoms with E-state index < -0.39 is 0 Å². The molecule has 0 radical (unpaired) electrons. The highest BCUT2D eigenvalue weighted by molar-refractivity contribution is 5.50. The van der Waals surface area contributed by atoms with Gasteiger partial charge in [0.15, 0.2) is 11.5 Å². The number of nitrogens with one attached hydrogen (secondary N) is 1. The lowest BCUT2D eigenvalue weighted by atomic mass is 9.96. The van der Waals surface area contributed by atoms with Crippen LogP contribution in [0.1, 0.15) is 37.3 Å².